The highest BCUT2D eigenvalue weighted by molar-refractivity contribution is 7.46. The fourth-order valence-electron chi connectivity index (χ4n) is 3.27. The van der Waals surface area contributed by atoms with Crippen molar-refractivity contribution in [3.63, 3.8) is 0 Å². The summed E-state index contributed by atoms with van der Waals surface area (Å²) in [5.41, 5.74) is 3.07. The summed E-state index contributed by atoms with van der Waals surface area (Å²) in [7, 11) is 1.27. The van der Waals surface area contributed by atoms with Crippen LogP contribution in [0.15, 0.2) is 30.3 Å². The molecule has 1 aliphatic rings. The molecule has 0 atom stereocenters. The number of hydrogen-bond donors (Lipinski definition) is 2. The van der Waals surface area contributed by atoms with E-state index >= 15 is 0 Å². The van der Waals surface area contributed by atoms with Gasteiger partial charge in [-0.15, -0.1) is 0 Å². The van der Waals surface area contributed by atoms with E-state index in [0.717, 1.165) is 16.7 Å². The van der Waals surface area contributed by atoms with Gasteiger partial charge in [0.2, 0.25) is 5.75 Å². The summed E-state index contributed by atoms with van der Waals surface area (Å²) in [4.78, 5) is 18.5. The quantitative estimate of drug-likeness (QED) is 0.674. The van der Waals surface area contributed by atoms with Crippen LogP contribution in [-0.2, 0) is 11.0 Å². The first kappa shape index (κ1) is 20.1. The molecule has 0 saturated heterocycles. The van der Waals surface area contributed by atoms with Crippen molar-refractivity contribution in [3.05, 3.63) is 47.0 Å². The fraction of sp³-hybridized carbons (Fsp3) is 0.263. The lowest BCUT2D eigenvalue weighted by molar-refractivity contribution is 0.275. The molecular weight excluding hydrogens is 387 g/mol. The number of benzene rings is 2. The molecule has 2 aromatic carbocycles. The third-order valence-corrected chi connectivity index (χ3v) is 4.85. The minimum atomic E-state index is -4.75. The molecule has 0 fully saturated rings. The van der Waals surface area contributed by atoms with E-state index in [0.29, 0.717) is 29.2 Å². The van der Waals surface area contributed by atoms with Crippen LogP contribution in [0.5, 0.6) is 28.7 Å². The summed E-state index contributed by atoms with van der Waals surface area (Å²) in [5.74, 6) is 1.78. The zero-order chi connectivity index (χ0) is 20.5. The second-order valence-corrected chi connectivity index (χ2v) is 7.10. The Balaban J connectivity index is 2.13. The Bertz CT molecular complexity index is 951. The van der Waals surface area contributed by atoms with Crippen LogP contribution in [0, 0.1) is 0 Å². The van der Waals surface area contributed by atoms with E-state index in [1.54, 1.807) is 6.07 Å². The summed E-state index contributed by atoms with van der Waals surface area (Å²) in [6.45, 7) is 0. The maximum atomic E-state index is 11.4. The van der Waals surface area contributed by atoms with Crippen LogP contribution in [0.25, 0.3) is 5.57 Å². The third-order valence-electron chi connectivity index (χ3n) is 4.43. The zero-order valence-electron chi connectivity index (χ0n) is 15.9. The van der Waals surface area contributed by atoms with Crippen molar-refractivity contribution in [2.45, 2.75) is 6.42 Å². The van der Waals surface area contributed by atoms with Crippen molar-refractivity contribution in [2.24, 2.45) is 0 Å². The molecule has 0 amide bonds. The van der Waals surface area contributed by atoms with E-state index < -0.39 is 7.82 Å². The van der Waals surface area contributed by atoms with Crippen LogP contribution < -0.4 is 23.5 Å². The van der Waals surface area contributed by atoms with Gasteiger partial charge in [-0.3, -0.25) is 9.79 Å². The van der Waals surface area contributed by atoms with Crippen LogP contribution in [0.4, 0.5) is 0 Å². The summed E-state index contributed by atoms with van der Waals surface area (Å²) in [6, 6.07) is 7.07. The van der Waals surface area contributed by atoms with E-state index in [9.17, 15) is 14.4 Å². The Kier molecular flexibility index (Phi) is 5.56. The number of rotatable bonds is 7. The van der Waals surface area contributed by atoms with E-state index in [4.69, 9.17) is 23.5 Å². The van der Waals surface area contributed by atoms with Crippen molar-refractivity contribution in [1.82, 2.24) is 0 Å². The van der Waals surface area contributed by atoms with Crippen molar-refractivity contribution in [3.8, 4) is 28.7 Å². The van der Waals surface area contributed by atoms with E-state index in [-0.39, 0.29) is 11.5 Å². The molecule has 0 radical (unpaired) electrons. The molecule has 28 heavy (non-hydrogen) atoms. The molecule has 1 aliphatic carbocycles. The first-order valence-corrected chi connectivity index (χ1v) is 9.81. The lowest BCUT2D eigenvalue weighted by Gasteiger charge is -2.17. The standard InChI is InChI=1S/C19H21O8P/c1-23-15-8-7-13-12(5-6-14(13)18(15)27-28(20,21)22)11-9-16(24-2)19(26-4)17(10-11)25-3/h5,7-10H,6H2,1-4H3,(H2,20,21,22). The van der Waals surface area contributed by atoms with Crippen molar-refractivity contribution in [1.29, 1.82) is 0 Å². The van der Waals surface area contributed by atoms with Gasteiger partial charge in [0.05, 0.1) is 28.4 Å². The highest BCUT2D eigenvalue weighted by Gasteiger charge is 2.28. The molecule has 0 bridgehead atoms. The lowest BCUT2D eigenvalue weighted by atomic mass is 9.97. The van der Waals surface area contributed by atoms with Crippen LogP contribution in [0.1, 0.15) is 16.7 Å². The summed E-state index contributed by atoms with van der Waals surface area (Å²) < 4.78 is 37.7. The molecule has 150 valence electrons. The van der Waals surface area contributed by atoms with E-state index in [1.165, 1.54) is 28.4 Å². The highest BCUT2D eigenvalue weighted by Crippen LogP contribution is 2.50. The molecule has 0 aliphatic heterocycles. The topological polar surface area (TPSA) is 104 Å². The molecule has 0 spiro atoms. The Morgan fingerprint density at radius 2 is 1.46 bits per heavy atom. The minimum Gasteiger partial charge on any atom is -0.493 e. The van der Waals surface area contributed by atoms with Crippen LogP contribution >= 0.6 is 7.82 Å². The summed E-state index contributed by atoms with van der Waals surface area (Å²) >= 11 is 0. The van der Waals surface area contributed by atoms with Crippen LogP contribution in [-0.4, -0.2) is 38.2 Å². The fourth-order valence-corrected chi connectivity index (χ4v) is 3.70. The summed E-state index contributed by atoms with van der Waals surface area (Å²) in [6.07, 6.45) is 2.37. The van der Waals surface area contributed by atoms with Crippen LogP contribution in [0.2, 0.25) is 0 Å². The molecule has 8 nitrogen and oxygen atoms in total. The first-order valence-electron chi connectivity index (χ1n) is 8.28. The molecule has 0 saturated carbocycles. The highest BCUT2D eigenvalue weighted by atomic mass is 31.2. The Labute approximate surface area is 162 Å². The molecule has 3 rings (SSSR count). The molecule has 0 aromatic heterocycles. The first-order chi connectivity index (χ1) is 13.3. The summed E-state index contributed by atoms with van der Waals surface area (Å²) in [5, 5.41) is 0. The van der Waals surface area contributed by atoms with Crippen molar-refractivity contribution < 1.29 is 37.8 Å². The molecule has 9 heteroatoms. The third kappa shape index (κ3) is 3.67. The number of allylic oxidation sites excluding steroid dienone is 1. The van der Waals surface area contributed by atoms with Gasteiger partial charge in [0.25, 0.3) is 0 Å². The second-order valence-electron chi connectivity index (χ2n) is 5.94. The average molecular weight is 408 g/mol. The Morgan fingerprint density at radius 1 is 0.857 bits per heavy atom. The van der Waals surface area contributed by atoms with E-state index in [1.807, 2.05) is 24.3 Å². The Morgan fingerprint density at radius 3 is 1.96 bits per heavy atom. The number of ether oxygens (including phenoxy) is 4. The minimum absolute atomic E-state index is 0.0343. The zero-order valence-corrected chi connectivity index (χ0v) is 16.8. The van der Waals surface area contributed by atoms with Gasteiger partial charge in [0, 0.05) is 5.56 Å². The van der Waals surface area contributed by atoms with Crippen molar-refractivity contribution in [2.75, 3.05) is 28.4 Å². The van der Waals surface area contributed by atoms with E-state index in [2.05, 4.69) is 0 Å². The van der Waals surface area contributed by atoms with Gasteiger partial charge in [-0.2, -0.15) is 0 Å². The number of phosphoric ester groups is 1. The maximum Gasteiger partial charge on any atom is 0.524 e. The second kappa shape index (κ2) is 7.75. The molecule has 0 heterocycles. The lowest BCUT2D eigenvalue weighted by Crippen LogP contribution is -2.00. The number of phosphoric acid groups is 1. The normalized spacial score (nSPS) is 12.9. The van der Waals surface area contributed by atoms with Gasteiger partial charge in [0.1, 0.15) is 0 Å². The van der Waals surface area contributed by atoms with Gasteiger partial charge in [-0.25, -0.2) is 4.57 Å². The monoisotopic (exact) mass is 408 g/mol. The average Bonchev–Trinajstić information content (AvgIpc) is 3.10. The van der Waals surface area contributed by atoms with Gasteiger partial charge in [-0.1, -0.05) is 12.1 Å². The predicted octanol–water partition coefficient (Wildman–Crippen LogP) is 3.18. The Hall–Kier alpha value is -2.67. The molecule has 0 unspecified atom stereocenters. The maximum absolute atomic E-state index is 11.4. The van der Waals surface area contributed by atoms with Gasteiger partial charge >= 0.3 is 7.82 Å². The largest absolute Gasteiger partial charge is 0.524 e. The predicted molar refractivity (Wildman–Crippen MR) is 103 cm³/mol. The molecule has 2 N–H and O–H groups in total. The number of hydrogen-bond acceptors (Lipinski definition) is 6. The molecular formula is C19H21O8P. The van der Waals surface area contributed by atoms with Crippen LogP contribution in [0.3, 0.4) is 0 Å². The number of methoxy groups -OCH3 is 4. The molecule has 2 aromatic rings. The number of fused-ring (bicyclic) bond motifs is 1. The van der Waals surface area contributed by atoms with Crippen molar-refractivity contribution >= 4 is 13.4 Å². The van der Waals surface area contributed by atoms with Gasteiger partial charge < -0.3 is 23.5 Å². The smallest absolute Gasteiger partial charge is 0.493 e. The van der Waals surface area contributed by atoms with Gasteiger partial charge in [0.15, 0.2) is 23.0 Å². The van der Waals surface area contributed by atoms with Gasteiger partial charge in [-0.05, 0) is 41.3 Å². The SMILES string of the molecule is COc1cc(C2=CCc3c2ccc(OC)c3OP(=O)(O)O)cc(OC)c1OC.